The summed E-state index contributed by atoms with van der Waals surface area (Å²) in [5.74, 6) is -0.605. The van der Waals surface area contributed by atoms with E-state index in [-0.39, 0.29) is 5.78 Å². The minimum Gasteiger partial charge on any atom is -0.350 e. The number of carbonyl (C=O) groups is 1. The Hall–Kier alpha value is -0.450. The van der Waals surface area contributed by atoms with E-state index >= 15 is 0 Å². The van der Waals surface area contributed by atoms with Crippen molar-refractivity contribution < 1.29 is 14.3 Å². The molecule has 0 saturated carbocycles. The van der Waals surface area contributed by atoms with Gasteiger partial charge in [0.1, 0.15) is 5.78 Å². The maximum atomic E-state index is 12.0. The smallest absolute Gasteiger partial charge is 0.175 e. The average Bonchev–Trinajstić information content (AvgIpc) is 2.47. The van der Waals surface area contributed by atoms with Crippen molar-refractivity contribution in [2.24, 2.45) is 5.73 Å². The Kier molecular flexibility index (Phi) is 13.9. The molecule has 0 amide bonds. The molecule has 0 unspecified atom stereocenters. The second kappa shape index (κ2) is 14.2. The van der Waals surface area contributed by atoms with E-state index in [2.05, 4.69) is 6.92 Å². The van der Waals surface area contributed by atoms with Crippen molar-refractivity contribution in [3.63, 3.8) is 0 Å². The van der Waals surface area contributed by atoms with Crippen LogP contribution in [0.4, 0.5) is 0 Å². The molecule has 4 heteroatoms. The Morgan fingerprint density at radius 3 is 1.95 bits per heavy atom. The van der Waals surface area contributed by atoms with Crippen molar-refractivity contribution in [3.8, 4) is 0 Å². The van der Waals surface area contributed by atoms with Crippen LogP contribution in [0.1, 0.15) is 85.0 Å². The van der Waals surface area contributed by atoms with Crippen molar-refractivity contribution in [2.75, 3.05) is 19.8 Å². The van der Waals surface area contributed by atoms with Gasteiger partial charge in [0.05, 0.1) is 6.42 Å². The summed E-state index contributed by atoms with van der Waals surface area (Å²) in [6, 6.07) is 0. The molecule has 0 aromatic heterocycles. The van der Waals surface area contributed by atoms with E-state index in [9.17, 15) is 4.79 Å². The summed E-state index contributed by atoms with van der Waals surface area (Å²) in [5, 5.41) is 0. The molecule has 0 fully saturated rings. The molecule has 0 saturated heterocycles. The van der Waals surface area contributed by atoms with Gasteiger partial charge >= 0.3 is 0 Å². The summed E-state index contributed by atoms with van der Waals surface area (Å²) >= 11 is 0. The minimum absolute atomic E-state index is 0.132. The van der Waals surface area contributed by atoms with Crippen LogP contribution in [0, 0.1) is 0 Å². The number of unbranched alkanes of at least 4 members (excludes halogenated alkanes) is 6. The zero-order valence-corrected chi connectivity index (χ0v) is 15.0. The van der Waals surface area contributed by atoms with Gasteiger partial charge in [-0.2, -0.15) is 0 Å². The lowest BCUT2D eigenvalue weighted by Gasteiger charge is -2.33. The third-order valence-electron chi connectivity index (χ3n) is 3.87. The summed E-state index contributed by atoms with van der Waals surface area (Å²) in [6.07, 6.45) is 10.2. The van der Waals surface area contributed by atoms with Gasteiger partial charge in [-0.3, -0.25) is 4.79 Å². The highest BCUT2D eigenvalue weighted by molar-refractivity contribution is 5.79. The molecular weight excluding hydrogens is 278 g/mol. The summed E-state index contributed by atoms with van der Waals surface area (Å²) in [6.45, 7) is 7.65. The van der Waals surface area contributed by atoms with Gasteiger partial charge in [-0.15, -0.1) is 0 Å². The largest absolute Gasteiger partial charge is 0.350 e. The highest BCUT2D eigenvalue weighted by Gasteiger charge is 2.33. The van der Waals surface area contributed by atoms with Gasteiger partial charge < -0.3 is 15.2 Å². The third-order valence-corrected chi connectivity index (χ3v) is 3.87. The number of hydrogen-bond acceptors (Lipinski definition) is 4. The van der Waals surface area contributed by atoms with Gasteiger partial charge in [0.2, 0.25) is 0 Å². The van der Waals surface area contributed by atoms with E-state index in [0.29, 0.717) is 32.6 Å². The van der Waals surface area contributed by atoms with E-state index in [1.54, 1.807) is 0 Å². The first-order valence-electron chi connectivity index (χ1n) is 9.13. The Morgan fingerprint density at radius 2 is 1.45 bits per heavy atom. The fourth-order valence-electron chi connectivity index (χ4n) is 2.80. The number of carbonyl (C=O) groups excluding carboxylic acids is 1. The predicted octanol–water partition coefficient (Wildman–Crippen LogP) is 4.20. The first kappa shape index (κ1) is 21.6. The van der Waals surface area contributed by atoms with Crippen LogP contribution in [0.15, 0.2) is 0 Å². The van der Waals surface area contributed by atoms with Crippen molar-refractivity contribution in [1.29, 1.82) is 0 Å². The molecule has 2 N–H and O–H groups in total. The van der Waals surface area contributed by atoms with Crippen LogP contribution >= 0.6 is 0 Å². The normalized spacial score (nSPS) is 11.8. The lowest BCUT2D eigenvalue weighted by Crippen LogP contribution is -2.39. The van der Waals surface area contributed by atoms with Crippen LogP contribution in [-0.4, -0.2) is 31.3 Å². The fourth-order valence-corrected chi connectivity index (χ4v) is 2.80. The van der Waals surface area contributed by atoms with E-state index in [4.69, 9.17) is 15.2 Å². The third kappa shape index (κ3) is 10.3. The first-order valence-corrected chi connectivity index (χ1v) is 9.13. The lowest BCUT2D eigenvalue weighted by atomic mass is 9.99. The number of rotatable bonds is 16. The Bertz CT molecular complexity index is 263. The van der Waals surface area contributed by atoms with E-state index in [1.165, 1.54) is 38.5 Å². The molecule has 0 radical (unpaired) electrons. The zero-order chi connectivity index (χ0) is 16.7. The molecule has 0 aromatic carbocycles. The molecule has 0 aliphatic rings. The molecule has 0 spiro atoms. The number of nitrogens with two attached hydrogens (primary N) is 1. The monoisotopic (exact) mass is 315 g/mol. The topological polar surface area (TPSA) is 61.6 Å². The second-order valence-electron chi connectivity index (χ2n) is 5.90. The molecule has 4 nitrogen and oxygen atoms in total. The van der Waals surface area contributed by atoms with E-state index in [1.807, 2.05) is 13.8 Å². The van der Waals surface area contributed by atoms with Gasteiger partial charge in [-0.1, -0.05) is 45.4 Å². The molecule has 0 rings (SSSR count). The van der Waals surface area contributed by atoms with Crippen molar-refractivity contribution >= 4 is 5.78 Å². The molecule has 0 atom stereocenters. The Labute approximate surface area is 137 Å². The number of ketones is 1. The summed E-state index contributed by atoms with van der Waals surface area (Å²) in [7, 11) is 0. The maximum Gasteiger partial charge on any atom is 0.175 e. The molecule has 0 bridgehead atoms. The highest BCUT2D eigenvalue weighted by Crippen LogP contribution is 2.27. The van der Waals surface area contributed by atoms with E-state index < -0.39 is 5.79 Å². The second-order valence-corrected chi connectivity index (χ2v) is 5.90. The molecule has 0 heterocycles. The van der Waals surface area contributed by atoms with Crippen LogP contribution in [-0.2, 0) is 14.3 Å². The molecule has 132 valence electrons. The number of ether oxygens (including phenoxy) is 2. The maximum absolute atomic E-state index is 12.0. The molecule has 22 heavy (non-hydrogen) atoms. The SMILES string of the molecule is CCCCCCCCCC(CC(=O)CCN)(OCC)OCC. The minimum atomic E-state index is -0.737. The fraction of sp³-hybridized carbons (Fsp3) is 0.944. The van der Waals surface area contributed by atoms with Gasteiger partial charge in [0.15, 0.2) is 5.79 Å². The van der Waals surface area contributed by atoms with E-state index in [0.717, 1.165) is 12.8 Å². The predicted molar refractivity (Wildman–Crippen MR) is 91.9 cm³/mol. The molecular formula is C18H37NO3. The Morgan fingerprint density at radius 1 is 0.909 bits per heavy atom. The summed E-state index contributed by atoms with van der Waals surface area (Å²) < 4.78 is 11.7. The van der Waals surface area contributed by atoms with Crippen LogP contribution in [0.25, 0.3) is 0 Å². The molecule has 0 aliphatic carbocycles. The van der Waals surface area contributed by atoms with Crippen LogP contribution < -0.4 is 5.73 Å². The lowest BCUT2D eigenvalue weighted by molar-refractivity contribution is -0.238. The van der Waals surface area contributed by atoms with Crippen molar-refractivity contribution in [1.82, 2.24) is 0 Å². The molecule has 0 aliphatic heterocycles. The van der Waals surface area contributed by atoms with Crippen molar-refractivity contribution in [2.45, 2.75) is 90.8 Å². The van der Waals surface area contributed by atoms with Gasteiger partial charge in [0.25, 0.3) is 0 Å². The van der Waals surface area contributed by atoms with Crippen LogP contribution in [0.3, 0.4) is 0 Å². The zero-order valence-electron chi connectivity index (χ0n) is 15.0. The van der Waals surface area contributed by atoms with Crippen molar-refractivity contribution in [3.05, 3.63) is 0 Å². The standard InChI is InChI=1S/C18H37NO3/c1-4-7-8-9-10-11-12-14-18(21-5-2,22-6-3)16-17(20)13-15-19/h4-16,19H2,1-3H3. The summed E-state index contributed by atoms with van der Waals surface area (Å²) in [4.78, 5) is 12.0. The number of hydrogen-bond donors (Lipinski definition) is 1. The van der Waals surface area contributed by atoms with Gasteiger partial charge in [-0.25, -0.2) is 0 Å². The average molecular weight is 315 g/mol. The summed E-state index contributed by atoms with van der Waals surface area (Å²) in [5.41, 5.74) is 5.47. The van der Waals surface area contributed by atoms with Gasteiger partial charge in [0, 0.05) is 26.1 Å². The highest BCUT2D eigenvalue weighted by atomic mass is 16.7. The van der Waals surface area contributed by atoms with Gasteiger partial charge in [-0.05, 0) is 26.8 Å². The number of Topliss-reactive ketones (excluding diaryl/α,β-unsaturated/α-hetero) is 1. The quantitative estimate of drug-likeness (QED) is 0.342. The first-order chi connectivity index (χ1) is 10.6. The Balaban J connectivity index is 4.29. The molecule has 0 aromatic rings. The van der Waals surface area contributed by atoms with Crippen LogP contribution in [0.2, 0.25) is 0 Å². The van der Waals surface area contributed by atoms with Crippen LogP contribution in [0.5, 0.6) is 0 Å².